The lowest BCUT2D eigenvalue weighted by atomic mass is 10.1. The van der Waals surface area contributed by atoms with Crippen LogP contribution in [0.15, 0.2) is 58.1 Å². The summed E-state index contributed by atoms with van der Waals surface area (Å²) >= 11 is 0. The first-order valence-electron chi connectivity index (χ1n) is 9.71. The fourth-order valence-electron chi connectivity index (χ4n) is 3.76. The van der Waals surface area contributed by atoms with E-state index in [4.69, 9.17) is 4.42 Å². The predicted octanol–water partition coefficient (Wildman–Crippen LogP) is 2.33. The number of likely N-dealkylation sites (tertiary alicyclic amines) is 1. The number of benzene rings is 1. The topological polar surface area (TPSA) is 80.4 Å². The van der Waals surface area contributed by atoms with Gasteiger partial charge in [-0.3, -0.25) is 14.5 Å². The van der Waals surface area contributed by atoms with Crippen molar-refractivity contribution >= 4 is 16.7 Å². The Hall–Kier alpha value is -2.93. The van der Waals surface area contributed by atoms with E-state index in [1.807, 2.05) is 24.3 Å². The van der Waals surface area contributed by atoms with Crippen molar-refractivity contribution < 1.29 is 9.21 Å². The van der Waals surface area contributed by atoms with E-state index in [2.05, 4.69) is 15.3 Å². The summed E-state index contributed by atoms with van der Waals surface area (Å²) in [6.45, 7) is 2.32. The highest BCUT2D eigenvalue weighted by atomic mass is 16.3. The summed E-state index contributed by atoms with van der Waals surface area (Å²) < 4.78 is 6.82. The van der Waals surface area contributed by atoms with E-state index in [1.54, 1.807) is 24.6 Å². The molecule has 0 bridgehead atoms. The number of furan rings is 1. The summed E-state index contributed by atoms with van der Waals surface area (Å²) in [5.74, 6) is 0.613. The highest BCUT2D eigenvalue weighted by Gasteiger charge is 2.25. The lowest BCUT2D eigenvalue weighted by Crippen LogP contribution is -2.42. The Morgan fingerprint density at radius 2 is 1.96 bits per heavy atom. The first-order chi connectivity index (χ1) is 13.7. The molecule has 1 aromatic carbocycles. The van der Waals surface area contributed by atoms with Gasteiger partial charge in [-0.15, -0.1) is 0 Å². The zero-order valence-corrected chi connectivity index (χ0v) is 15.7. The fourth-order valence-corrected chi connectivity index (χ4v) is 3.76. The molecule has 3 aromatic rings. The molecule has 3 heterocycles. The summed E-state index contributed by atoms with van der Waals surface area (Å²) in [6, 6.07) is 11.1. The molecule has 1 unspecified atom stereocenters. The van der Waals surface area contributed by atoms with Gasteiger partial charge in [-0.2, -0.15) is 5.10 Å². The third-order valence-corrected chi connectivity index (χ3v) is 5.25. The van der Waals surface area contributed by atoms with Gasteiger partial charge in [-0.25, -0.2) is 4.68 Å². The normalized spacial score (nSPS) is 16.1. The molecule has 7 nitrogen and oxygen atoms in total. The van der Waals surface area contributed by atoms with Gasteiger partial charge >= 0.3 is 0 Å². The molecule has 0 radical (unpaired) electrons. The van der Waals surface area contributed by atoms with Crippen molar-refractivity contribution in [1.82, 2.24) is 20.0 Å². The van der Waals surface area contributed by atoms with E-state index < -0.39 is 0 Å². The van der Waals surface area contributed by atoms with E-state index in [1.165, 1.54) is 11.1 Å². The second-order valence-electron chi connectivity index (χ2n) is 7.13. The van der Waals surface area contributed by atoms with Gasteiger partial charge in [0.2, 0.25) is 5.91 Å². The molecule has 1 aliphatic rings. The van der Waals surface area contributed by atoms with Gasteiger partial charge in [0.05, 0.1) is 23.9 Å². The number of carbonyl (C=O) groups excluding carboxylic acids is 1. The van der Waals surface area contributed by atoms with Crippen LogP contribution >= 0.6 is 0 Å². The number of hydrogen-bond acceptors (Lipinski definition) is 5. The van der Waals surface area contributed by atoms with Crippen LogP contribution in [0.3, 0.4) is 0 Å². The number of nitrogens with zero attached hydrogens (tertiary/aromatic N) is 3. The molecule has 28 heavy (non-hydrogen) atoms. The first-order valence-corrected chi connectivity index (χ1v) is 9.71. The summed E-state index contributed by atoms with van der Waals surface area (Å²) in [6.07, 6.45) is 6.82. The van der Waals surface area contributed by atoms with Crippen LogP contribution in [0.1, 0.15) is 31.1 Å². The maximum atomic E-state index is 12.5. The monoisotopic (exact) mass is 380 g/mol. The van der Waals surface area contributed by atoms with Crippen molar-refractivity contribution in [3.8, 4) is 0 Å². The number of rotatable bonds is 6. The van der Waals surface area contributed by atoms with Crippen molar-refractivity contribution in [1.29, 1.82) is 0 Å². The quantitative estimate of drug-likeness (QED) is 0.710. The Morgan fingerprint density at radius 3 is 2.75 bits per heavy atom. The number of nitrogens with one attached hydrogen (secondary N) is 1. The van der Waals surface area contributed by atoms with E-state index in [0.717, 1.165) is 37.1 Å². The Bertz CT molecular complexity index is 990. The van der Waals surface area contributed by atoms with Crippen molar-refractivity contribution in [3.05, 3.63) is 65.0 Å². The van der Waals surface area contributed by atoms with Crippen LogP contribution in [-0.4, -0.2) is 40.2 Å². The number of aromatic nitrogens is 2. The molecule has 0 aliphatic carbocycles. The smallest absolute Gasteiger partial charge is 0.275 e. The molecule has 4 rings (SSSR count). The predicted molar refractivity (Wildman–Crippen MR) is 106 cm³/mol. The average molecular weight is 380 g/mol. The largest absolute Gasteiger partial charge is 0.468 e. The van der Waals surface area contributed by atoms with Crippen molar-refractivity contribution in [2.75, 3.05) is 19.6 Å². The molecule has 1 fully saturated rings. The molecule has 1 aliphatic heterocycles. The van der Waals surface area contributed by atoms with Gasteiger partial charge < -0.3 is 9.73 Å². The summed E-state index contributed by atoms with van der Waals surface area (Å²) in [5.41, 5.74) is -0.258. The average Bonchev–Trinajstić information content (AvgIpc) is 3.26. The summed E-state index contributed by atoms with van der Waals surface area (Å²) in [5, 5.41) is 8.41. The lowest BCUT2D eigenvalue weighted by molar-refractivity contribution is -0.122. The van der Waals surface area contributed by atoms with E-state index in [9.17, 15) is 9.59 Å². The molecule has 1 atom stereocenters. The van der Waals surface area contributed by atoms with Gasteiger partial charge in [-0.05, 0) is 44.1 Å². The summed E-state index contributed by atoms with van der Waals surface area (Å²) in [4.78, 5) is 27.4. The molecule has 2 aromatic heterocycles. The number of fused-ring (bicyclic) bond motifs is 1. The number of carbonyl (C=O) groups is 1. The van der Waals surface area contributed by atoms with Crippen LogP contribution in [0, 0.1) is 0 Å². The molecule has 0 spiro atoms. The molecule has 1 saturated heterocycles. The fraction of sp³-hybridized carbons (Fsp3) is 0.381. The maximum absolute atomic E-state index is 12.5. The molecule has 146 valence electrons. The van der Waals surface area contributed by atoms with E-state index >= 15 is 0 Å². The first kappa shape index (κ1) is 18.4. The van der Waals surface area contributed by atoms with Crippen LogP contribution in [0.2, 0.25) is 0 Å². The molecule has 1 N–H and O–H groups in total. The van der Waals surface area contributed by atoms with Gasteiger partial charge in [0.15, 0.2) is 0 Å². The summed E-state index contributed by atoms with van der Waals surface area (Å²) in [7, 11) is 0. The zero-order chi connectivity index (χ0) is 19.3. The Kier molecular flexibility index (Phi) is 5.53. The molecule has 1 amide bonds. The lowest BCUT2D eigenvalue weighted by Gasteiger charge is -2.33. The number of hydrogen-bond donors (Lipinski definition) is 1. The van der Waals surface area contributed by atoms with Gasteiger partial charge in [0.25, 0.3) is 5.56 Å². The maximum Gasteiger partial charge on any atom is 0.275 e. The standard InChI is InChI=1S/C21H24N4O3/c26-20(15-25-21(27)17-8-3-2-7-16(17)13-23-25)22-14-18(19-9-6-12-28-19)24-10-4-1-5-11-24/h2-3,6-9,12-13,18H,1,4-5,10-11,14-15H2,(H,22,26). The number of amides is 1. The Morgan fingerprint density at radius 1 is 1.14 bits per heavy atom. The van der Waals surface area contributed by atoms with Gasteiger partial charge in [0, 0.05) is 11.9 Å². The minimum absolute atomic E-state index is 0.000495. The minimum atomic E-state index is -0.258. The highest BCUT2D eigenvalue weighted by Crippen LogP contribution is 2.24. The zero-order valence-electron chi connectivity index (χ0n) is 15.7. The van der Waals surface area contributed by atoms with Crippen LogP contribution in [0.25, 0.3) is 10.8 Å². The molecule has 0 saturated carbocycles. The highest BCUT2D eigenvalue weighted by molar-refractivity contribution is 5.81. The van der Waals surface area contributed by atoms with Crippen LogP contribution < -0.4 is 10.9 Å². The SMILES string of the molecule is O=C(Cn1ncc2ccccc2c1=O)NCC(c1ccco1)N1CCCCC1. The van der Waals surface area contributed by atoms with Crippen molar-refractivity contribution in [3.63, 3.8) is 0 Å². The second kappa shape index (κ2) is 8.39. The van der Waals surface area contributed by atoms with E-state index in [-0.39, 0.29) is 24.1 Å². The van der Waals surface area contributed by atoms with Crippen molar-refractivity contribution in [2.24, 2.45) is 0 Å². The molecular formula is C21H24N4O3. The van der Waals surface area contributed by atoms with Crippen LogP contribution in [0.5, 0.6) is 0 Å². The molecular weight excluding hydrogens is 356 g/mol. The Balaban J connectivity index is 1.44. The molecule has 7 heteroatoms. The van der Waals surface area contributed by atoms with Gasteiger partial charge in [0.1, 0.15) is 12.3 Å². The van der Waals surface area contributed by atoms with Crippen LogP contribution in [0.4, 0.5) is 0 Å². The number of piperidine rings is 1. The van der Waals surface area contributed by atoms with Gasteiger partial charge in [-0.1, -0.05) is 24.6 Å². The van der Waals surface area contributed by atoms with Crippen LogP contribution in [-0.2, 0) is 11.3 Å². The second-order valence-corrected chi connectivity index (χ2v) is 7.13. The van der Waals surface area contributed by atoms with E-state index in [0.29, 0.717) is 11.9 Å². The van der Waals surface area contributed by atoms with Crippen molar-refractivity contribution in [2.45, 2.75) is 31.8 Å². The minimum Gasteiger partial charge on any atom is -0.468 e. The Labute approximate surface area is 162 Å². The third-order valence-electron chi connectivity index (χ3n) is 5.25. The third kappa shape index (κ3) is 3.99.